The summed E-state index contributed by atoms with van der Waals surface area (Å²) >= 11 is 14.5. The lowest BCUT2D eigenvalue weighted by Gasteiger charge is -2.38. The third kappa shape index (κ3) is 4.53. The summed E-state index contributed by atoms with van der Waals surface area (Å²) in [5.41, 5.74) is 0.705. The minimum Gasteiger partial charge on any atom is -0.394 e. The van der Waals surface area contributed by atoms with Gasteiger partial charge in [0.25, 0.3) is 0 Å². The topological polar surface area (TPSA) is 113 Å². The minimum absolute atomic E-state index is 0.181. The van der Waals surface area contributed by atoms with Crippen molar-refractivity contribution in [1.29, 1.82) is 0 Å². The minimum atomic E-state index is -0.971. The van der Waals surface area contributed by atoms with Gasteiger partial charge in [-0.2, -0.15) is 0 Å². The van der Waals surface area contributed by atoms with Crippen molar-refractivity contribution in [3.63, 3.8) is 0 Å². The molecule has 0 bridgehead atoms. The Hall–Kier alpha value is -1.40. The maximum absolute atomic E-state index is 11.4. The molecule has 29 heavy (non-hydrogen) atoms. The highest BCUT2D eigenvalue weighted by atomic mass is 35.5. The number of aliphatic hydroxyl groups excluding tert-OH is 2. The van der Waals surface area contributed by atoms with Crippen molar-refractivity contribution >= 4 is 46.3 Å². The highest BCUT2D eigenvalue weighted by molar-refractivity contribution is 7.99. The van der Waals surface area contributed by atoms with Crippen molar-refractivity contribution in [2.24, 2.45) is 0 Å². The summed E-state index contributed by atoms with van der Waals surface area (Å²) in [6.45, 7) is -0.338. The van der Waals surface area contributed by atoms with Gasteiger partial charge in [-0.15, -0.1) is 5.10 Å². The van der Waals surface area contributed by atoms with Gasteiger partial charge in [-0.05, 0) is 18.2 Å². The van der Waals surface area contributed by atoms with Crippen LogP contribution in [0.1, 0.15) is 12.5 Å². The summed E-state index contributed by atoms with van der Waals surface area (Å²) < 4.78 is 7.39. The molecule has 1 aliphatic rings. The van der Waals surface area contributed by atoms with Crippen LogP contribution in [0, 0.1) is 0 Å². The molecule has 1 saturated heterocycles. The van der Waals surface area contributed by atoms with Gasteiger partial charge in [0.1, 0.15) is 23.3 Å². The van der Waals surface area contributed by atoms with Crippen LogP contribution in [-0.2, 0) is 4.74 Å². The third-order valence-electron chi connectivity index (χ3n) is 4.52. The molecule has 1 fully saturated rings. The van der Waals surface area contributed by atoms with E-state index in [9.17, 15) is 15.0 Å². The van der Waals surface area contributed by atoms with Crippen LogP contribution in [0.4, 0.5) is 0 Å². The fourth-order valence-electron chi connectivity index (χ4n) is 3.08. The normalized spacial score (nSPS) is 24.7. The van der Waals surface area contributed by atoms with E-state index in [0.717, 1.165) is 16.2 Å². The first-order chi connectivity index (χ1) is 13.9. The van der Waals surface area contributed by atoms with Crippen molar-refractivity contribution in [2.45, 2.75) is 35.0 Å². The van der Waals surface area contributed by atoms with Crippen molar-refractivity contribution in [3.8, 4) is 11.4 Å². The summed E-state index contributed by atoms with van der Waals surface area (Å²) in [5.74, 6) is 0. The number of benzene rings is 1. The van der Waals surface area contributed by atoms with Gasteiger partial charge in [0.15, 0.2) is 0 Å². The lowest BCUT2D eigenvalue weighted by molar-refractivity contribution is -0.130. The number of rotatable bonds is 5. The average Bonchev–Trinajstić information content (AvgIpc) is 3.35. The van der Waals surface area contributed by atoms with Crippen LogP contribution in [-0.4, -0.2) is 54.4 Å². The second-order valence-corrected chi connectivity index (χ2v) is 9.31. The van der Waals surface area contributed by atoms with Crippen LogP contribution in [0.15, 0.2) is 39.5 Å². The zero-order valence-corrected chi connectivity index (χ0v) is 17.9. The van der Waals surface area contributed by atoms with E-state index in [2.05, 4.69) is 15.3 Å². The molecule has 1 aliphatic heterocycles. The Morgan fingerprint density at radius 1 is 1.38 bits per heavy atom. The SMILES string of the molecule is O=c1[nH]c(-c2cn([C@@H]3C[C@@H](Sc4ccc(Cl)c(Cl)c4)OC(CO)C3O)nn2)cs1. The summed E-state index contributed by atoms with van der Waals surface area (Å²) in [7, 11) is 0. The Balaban J connectivity index is 1.56. The molecule has 12 heteroatoms. The van der Waals surface area contributed by atoms with Gasteiger partial charge in [0.05, 0.1) is 34.6 Å². The molecule has 2 aromatic heterocycles. The molecule has 8 nitrogen and oxygen atoms in total. The first-order valence-electron chi connectivity index (χ1n) is 8.60. The summed E-state index contributed by atoms with van der Waals surface area (Å²) in [6.07, 6.45) is 0.335. The van der Waals surface area contributed by atoms with Crippen molar-refractivity contribution in [3.05, 3.63) is 49.5 Å². The second kappa shape index (κ2) is 8.76. The van der Waals surface area contributed by atoms with E-state index in [1.807, 2.05) is 6.07 Å². The Morgan fingerprint density at radius 3 is 2.90 bits per heavy atom. The lowest BCUT2D eigenvalue weighted by atomic mass is 10.00. The molecule has 3 N–H and O–H groups in total. The van der Waals surface area contributed by atoms with Crippen LogP contribution < -0.4 is 4.87 Å². The van der Waals surface area contributed by atoms with E-state index in [-0.39, 0.29) is 16.9 Å². The number of nitrogens with zero attached hydrogens (tertiary/aromatic N) is 3. The Morgan fingerprint density at radius 2 is 2.21 bits per heavy atom. The largest absolute Gasteiger partial charge is 0.394 e. The maximum atomic E-state index is 11.4. The number of ether oxygens (including phenoxy) is 1. The molecule has 0 saturated carbocycles. The first kappa shape index (κ1) is 20.9. The molecule has 0 radical (unpaired) electrons. The van der Waals surface area contributed by atoms with Crippen molar-refractivity contribution in [2.75, 3.05) is 6.61 Å². The number of thioether (sulfide) groups is 1. The van der Waals surface area contributed by atoms with E-state index < -0.39 is 18.2 Å². The van der Waals surface area contributed by atoms with Gasteiger partial charge in [0.2, 0.25) is 0 Å². The fraction of sp³-hybridized carbons (Fsp3) is 0.353. The molecule has 3 aromatic rings. The van der Waals surface area contributed by atoms with Gasteiger partial charge < -0.3 is 19.9 Å². The number of hydrogen-bond donors (Lipinski definition) is 3. The molecule has 4 rings (SSSR count). The predicted molar refractivity (Wildman–Crippen MR) is 112 cm³/mol. The molecule has 1 aromatic carbocycles. The Kier molecular flexibility index (Phi) is 6.30. The number of nitrogens with one attached hydrogen (secondary N) is 1. The summed E-state index contributed by atoms with van der Waals surface area (Å²) in [5, 5.41) is 31.1. The van der Waals surface area contributed by atoms with Gasteiger partial charge >= 0.3 is 4.87 Å². The molecular formula is C17H16Cl2N4O4S2. The Bertz CT molecular complexity index is 1060. The molecule has 2 unspecified atom stereocenters. The van der Waals surface area contributed by atoms with E-state index in [1.165, 1.54) is 11.8 Å². The number of aliphatic hydroxyl groups is 2. The predicted octanol–water partition coefficient (Wildman–Crippen LogP) is 2.80. The highest BCUT2D eigenvalue weighted by Crippen LogP contribution is 2.39. The van der Waals surface area contributed by atoms with Crippen molar-refractivity contribution < 1.29 is 14.9 Å². The highest BCUT2D eigenvalue weighted by Gasteiger charge is 2.39. The Labute approximate surface area is 183 Å². The monoisotopic (exact) mass is 474 g/mol. The van der Waals surface area contributed by atoms with Crippen LogP contribution in [0.25, 0.3) is 11.4 Å². The number of thiazole rings is 1. The lowest BCUT2D eigenvalue weighted by Crippen LogP contribution is -2.47. The third-order valence-corrected chi connectivity index (χ3v) is 7.02. The zero-order valence-electron chi connectivity index (χ0n) is 14.7. The van der Waals surface area contributed by atoms with Crippen LogP contribution in [0.5, 0.6) is 0 Å². The fourth-order valence-corrected chi connectivity index (χ4v) is 5.14. The molecule has 154 valence electrons. The number of halogens is 2. The number of aromatic nitrogens is 4. The quantitative estimate of drug-likeness (QED) is 0.520. The van der Waals surface area contributed by atoms with E-state index in [0.29, 0.717) is 27.9 Å². The molecule has 0 aliphatic carbocycles. The first-order valence-corrected chi connectivity index (χ1v) is 11.1. The van der Waals surface area contributed by atoms with Crippen LogP contribution in [0.2, 0.25) is 10.0 Å². The number of H-pyrrole nitrogens is 1. The smallest absolute Gasteiger partial charge is 0.304 e. The zero-order chi connectivity index (χ0) is 20.5. The molecule has 3 heterocycles. The van der Waals surface area contributed by atoms with Gasteiger partial charge in [-0.25, -0.2) is 4.68 Å². The van der Waals surface area contributed by atoms with Gasteiger partial charge in [0, 0.05) is 16.7 Å². The molecule has 4 atom stereocenters. The molecule has 0 spiro atoms. The van der Waals surface area contributed by atoms with E-state index in [4.69, 9.17) is 27.9 Å². The van der Waals surface area contributed by atoms with Crippen molar-refractivity contribution in [1.82, 2.24) is 20.0 Å². The van der Waals surface area contributed by atoms with Gasteiger partial charge in [-0.3, -0.25) is 4.79 Å². The summed E-state index contributed by atoms with van der Waals surface area (Å²) in [4.78, 5) is 14.7. The van der Waals surface area contributed by atoms with E-state index in [1.54, 1.807) is 28.4 Å². The summed E-state index contributed by atoms with van der Waals surface area (Å²) in [6, 6.07) is 4.81. The maximum Gasteiger partial charge on any atom is 0.304 e. The number of aromatic amines is 1. The molecular weight excluding hydrogens is 459 g/mol. The van der Waals surface area contributed by atoms with Crippen LogP contribution >= 0.6 is 46.3 Å². The standard InChI is InChI=1S/C17H16Cl2N4O4S2/c18-9-2-1-8(3-10(9)19)29-15-4-13(16(25)14(6-24)27-15)23-5-11(21-22-23)12-7-28-17(26)20-12/h1-3,5,7,13-16,24-25H,4,6H2,(H,20,26)/t13-,14?,15-,16?/m1/s1. The average molecular weight is 475 g/mol. The van der Waals surface area contributed by atoms with E-state index >= 15 is 0 Å². The molecule has 0 amide bonds. The second-order valence-electron chi connectivity index (χ2n) is 6.42. The van der Waals surface area contributed by atoms with Crippen LogP contribution in [0.3, 0.4) is 0 Å². The van der Waals surface area contributed by atoms with Gasteiger partial charge in [-0.1, -0.05) is 51.5 Å². The number of hydrogen-bond acceptors (Lipinski definition) is 8.